The van der Waals surface area contributed by atoms with Gasteiger partial charge in [0, 0.05) is 45.8 Å². The molecule has 2 nitrogen and oxygen atoms in total. The average Bonchev–Trinajstić information content (AvgIpc) is 3.55. The summed E-state index contributed by atoms with van der Waals surface area (Å²) < 4.78 is 2.65. The van der Waals surface area contributed by atoms with E-state index in [-0.39, 0.29) is 6.04 Å². The number of nitrogens with one attached hydrogen (secondary N) is 1. The highest BCUT2D eigenvalue weighted by molar-refractivity contribution is 5.95. The number of aromatic nitrogens is 1. The Morgan fingerprint density at radius 2 is 1.61 bits per heavy atom. The predicted molar refractivity (Wildman–Crippen MR) is 215 cm³/mol. The van der Waals surface area contributed by atoms with E-state index in [4.69, 9.17) is 0 Å². The molecule has 0 saturated heterocycles. The van der Waals surface area contributed by atoms with Gasteiger partial charge in [0.2, 0.25) is 0 Å². The van der Waals surface area contributed by atoms with E-state index in [2.05, 4.69) is 156 Å². The third-order valence-corrected chi connectivity index (χ3v) is 12.4. The summed E-state index contributed by atoms with van der Waals surface area (Å²) in [6.07, 6.45) is 47.2. The Morgan fingerprint density at radius 1 is 0.725 bits per heavy atom. The van der Waals surface area contributed by atoms with Crippen LogP contribution in [0.25, 0.3) is 28.2 Å². The van der Waals surface area contributed by atoms with Crippen molar-refractivity contribution in [2.45, 2.75) is 63.3 Å². The molecule has 0 bridgehead atoms. The number of hydrogen-bond donors (Lipinski definition) is 1. The number of para-hydroxylation sites is 1. The maximum absolute atomic E-state index is 4.21. The fourth-order valence-corrected chi connectivity index (χ4v) is 9.96. The lowest BCUT2D eigenvalue weighted by Crippen LogP contribution is -2.36. The number of rotatable bonds is 5. The van der Waals surface area contributed by atoms with Crippen molar-refractivity contribution in [2.75, 3.05) is 0 Å². The molecule has 5 unspecified atom stereocenters. The number of allylic oxidation sites excluding steroid dienone is 17. The van der Waals surface area contributed by atoms with E-state index in [0.29, 0.717) is 23.7 Å². The molecule has 2 heterocycles. The van der Waals surface area contributed by atoms with Gasteiger partial charge in [-0.25, -0.2) is 0 Å². The van der Waals surface area contributed by atoms with Crippen molar-refractivity contribution in [3.05, 3.63) is 184 Å². The van der Waals surface area contributed by atoms with E-state index in [1.807, 2.05) is 0 Å². The molecule has 2 aromatic carbocycles. The molecule has 0 saturated carbocycles. The second-order valence-electron chi connectivity index (χ2n) is 15.2. The van der Waals surface area contributed by atoms with Gasteiger partial charge in [-0.15, -0.1) is 0 Å². The summed E-state index contributed by atoms with van der Waals surface area (Å²) in [4.78, 5) is 0. The van der Waals surface area contributed by atoms with Gasteiger partial charge in [0.15, 0.2) is 0 Å². The molecule has 0 radical (unpaired) electrons. The molecule has 0 amide bonds. The van der Waals surface area contributed by atoms with Crippen LogP contribution in [0.3, 0.4) is 0 Å². The van der Waals surface area contributed by atoms with Crippen molar-refractivity contribution in [3.8, 4) is 0 Å². The highest BCUT2D eigenvalue weighted by Gasteiger charge is 2.35. The zero-order valence-corrected chi connectivity index (χ0v) is 29.3. The van der Waals surface area contributed by atoms with Crippen molar-refractivity contribution in [1.82, 2.24) is 9.88 Å². The van der Waals surface area contributed by atoms with Crippen LogP contribution >= 0.6 is 0 Å². The normalized spacial score (nSPS) is 27.6. The third kappa shape index (κ3) is 5.30. The Bertz CT molecular complexity index is 2260. The van der Waals surface area contributed by atoms with E-state index in [1.165, 1.54) is 73.4 Å². The minimum absolute atomic E-state index is 0.101. The molecule has 3 aromatic rings. The molecule has 51 heavy (non-hydrogen) atoms. The molecule has 2 heteroatoms. The summed E-state index contributed by atoms with van der Waals surface area (Å²) in [6.45, 7) is 0. The molecule has 10 rings (SSSR count). The van der Waals surface area contributed by atoms with Crippen molar-refractivity contribution >= 4 is 28.2 Å². The van der Waals surface area contributed by atoms with Crippen LogP contribution in [-0.4, -0.2) is 10.6 Å². The standard InChI is InChI=1S/C49H46N2/c1-2-16-33(17-3-1)35-31-45(40-23-9-8-22-39(40)44-30-34-18-4-5-19-36(34)37-20-6-7-21-38(37)44)50-46(32-35)43-26-12-15-29-49(43)51-47-27-13-10-24-41(47)42-25-11-14-28-48(42)51/h1-2,4-13,18-21,23-27,30-34,36,39,46,50H,3,14-17,22,28-29H2. The molecule has 1 aliphatic heterocycles. The van der Waals surface area contributed by atoms with Crippen LogP contribution in [-0.2, 0) is 6.42 Å². The van der Waals surface area contributed by atoms with Gasteiger partial charge < -0.3 is 9.88 Å². The smallest absolute Gasteiger partial charge is 0.0720 e. The van der Waals surface area contributed by atoms with Crippen molar-refractivity contribution in [1.29, 1.82) is 0 Å². The van der Waals surface area contributed by atoms with Crippen LogP contribution in [0.2, 0.25) is 0 Å². The summed E-state index contributed by atoms with van der Waals surface area (Å²) in [6, 6.07) is 18.3. The molecule has 1 aromatic heterocycles. The lowest BCUT2D eigenvalue weighted by Gasteiger charge is -2.38. The number of benzene rings is 2. The van der Waals surface area contributed by atoms with Crippen LogP contribution in [0, 0.1) is 17.8 Å². The van der Waals surface area contributed by atoms with Crippen LogP contribution in [0.4, 0.5) is 0 Å². The highest BCUT2D eigenvalue weighted by Crippen LogP contribution is 2.48. The first-order chi connectivity index (χ1) is 25.3. The largest absolute Gasteiger partial charge is 0.374 e. The first kappa shape index (κ1) is 30.7. The molecule has 0 fully saturated rings. The van der Waals surface area contributed by atoms with Crippen LogP contribution in [0.15, 0.2) is 162 Å². The maximum atomic E-state index is 4.21. The summed E-state index contributed by atoms with van der Waals surface area (Å²) in [5.41, 5.74) is 15.7. The Kier molecular flexibility index (Phi) is 7.78. The summed E-state index contributed by atoms with van der Waals surface area (Å²) in [5, 5.41) is 5.58. The molecule has 7 aliphatic rings. The zero-order chi connectivity index (χ0) is 33.7. The molecule has 6 aliphatic carbocycles. The average molecular weight is 663 g/mol. The lowest BCUT2D eigenvalue weighted by molar-refractivity contribution is 0.550. The topological polar surface area (TPSA) is 17.0 Å². The van der Waals surface area contributed by atoms with Gasteiger partial charge in [-0.3, -0.25) is 0 Å². The number of hydrogen-bond acceptors (Lipinski definition) is 1. The molecule has 5 atom stereocenters. The van der Waals surface area contributed by atoms with Crippen LogP contribution < -0.4 is 5.32 Å². The number of fused-ring (bicyclic) bond motifs is 6. The predicted octanol–water partition coefficient (Wildman–Crippen LogP) is 11.7. The van der Waals surface area contributed by atoms with E-state index >= 15 is 0 Å². The Balaban J connectivity index is 1.10. The first-order valence-electron chi connectivity index (χ1n) is 19.4. The molecular weight excluding hydrogens is 617 g/mol. The van der Waals surface area contributed by atoms with Gasteiger partial charge >= 0.3 is 0 Å². The van der Waals surface area contributed by atoms with Crippen LogP contribution in [0.5, 0.6) is 0 Å². The van der Waals surface area contributed by atoms with Gasteiger partial charge in [0.1, 0.15) is 0 Å². The van der Waals surface area contributed by atoms with Gasteiger partial charge in [-0.05, 0) is 103 Å². The third-order valence-electron chi connectivity index (χ3n) is 12.4. The summed E-state index contributed by atoms with van der Waals surface area (Å²) in [7, 11) is 0. The first-order valence-corrected chi connectivity index (χ1v) is 19.4. The van der Waals surface area contributed by atoms with E-state index in [0.717, 1.165) is 44.9 Å². The second kappa shape index (κ2) is 12.9. The zero-order valence-electron chi connectivity index (χ0n) is 29.3. The van der Waals surface area contributed by atoms with Crippen molar-refractivity contribution in [2.24, 2.45) is 17.8 Å². The summed E-state index contributed by atoms with van der Waals surface area (Å²) in [5.74, 6) is 1.66. The van der Waals surface area contributed by atoms with Crippen LogP contribution in [0.1, 0.15) is 73.2 Å². The second-order valence-corrected chi connectivity index (χ2v) is 15.2. The SMILES string of the molecule is C1=CCC(C2=CC3C=CC=CC3c3ccccc32)C(C2=CC(C3CC=CCC3)=CC(C3=C(n4c5c(c6ccccc64)C=CCC5)CCC=C3)N2)=C1. The van der Waals surface area contributed by atoms with Crippen molar-refractivity contribution < 1.29 is 0 Å². The quantitative estimate of drug-likeness (QED) is 0.269. The lowest BCUT2D eigenvalue weighted by atomic mass is 9.69. The number of dihydropyridines is 1. The highest BCUT2D eigenvalue weighted by atomic mass is 15.0. The maximum Gasteiger partial charge on any atom is 0.0720 e. The Hall–Kier alpha value is -5.08. The van der Waals surface area contributed by atoms with Crippen molar-refractivity contribution in [3.63, 3.8) is 0 Å². The van der Waals surface area contributed by atoms with E-state index in [9.17, 15) is 0 Å². The summed E-state index contributed by atoms with van der Waals surface area (Å²) >= 11 is 0. The molecule has 252 valence electrons. The molecule has 0 spiro atoms. The minimum atomic E-state index is 0.101. The number of nitrogens with zero attached hydrogens (tertiary/aromatic N) is 1. The molecular formula is C49H46N2. The Morgan fingerprint density at radius 3 is 2.57 bits per heavy atom. The van der Waals surface area contributed by atoms with Gasteiger partial charge in [0.05, 0.1) is 11.6 Å². The van der Waals surface area contributed by atoms with Gasteiger partial charge in [-0.2, -0.15) is 0 Å². The van der Waals surface area contributed by atoms with Gasteiger partial charge in [0.25, 0.3) is 0 Å². The fourth-order valence-electron chi connectivity index (χ4n) is 9.96. The Labute approximate surface area is 302 Å². The minimum Gasteiger partial charge on any atom is -0.374 e. The van der Waals surface area contributed by atoms with E-state index in [1.54, 1.807) is 0 Å². The molecule has 1 N–H and O–H groups in total. The monoisotopic (exact) mass is 662 g/mol. The fraction of sp³-hybridized carbons (Fsp3) is 0.265. The van der Waals surface area contributed by atoms with Gasteiger partial charge in [-0.1, -0.05) is 134 Å². The van der Waals surface area contributed by atoms with E-state index < -0.39 is 0 Å².